The Kier molecular flexibility index (Phi) is 4.07. The topological polar surface area (TPSA) is 15.3 Å². The molecular formula is C17H25ClN2. The normalized spacial score (nSPS) is 31.4. The predicted octanol–water partition coefficient (Wildman–Crippen LogP) is 3.69. The zero-order chi connectivity index (χ0) is 14.2. The Labute approximate surface area is 127 Å². The van der Waals surface area contributed by atoms with Crippen molar-refractivity contribution in [1.82, 2.24) is 10.2 Å². The average Bonchev–Trinajstić information content (AvgIpc) is 3.24. The largest absolute Gasteiger partial charge is 0.308 e. The minimum atomic E-state index is 0.310. The minimum Gasteiger partial charge on any atom is -0.308 e. The molecule has 3 rings (SSSR count). The van der Waals surface area contributed by atoms with Crippen LogP contribution >= 0.6 is 11.6 Å². The number of nitrogens with zero attached hydrogens (tertiary/aromatic N) is 1. The zero-order valence-corrected chi connectivity index (χ0v) is 13.3. The zero-order valence-electron chi connectivity index (χ0n) is 12.5. The van der Waals surface area contributed by atoms with Crippen LogP contribution in [-0.4, -0.2) is 29.6 Å². The summed E-state index contributed by atoms with van der Waals surface area (Å²) < 4.78 is 0. The van der Waals surface area contributed by atoms with Gasteiger partial charge in [0.05, 0.1) is 0 Å². The number of rotatable bonds is 4. The molecule has 0 spiro atoms. The summed E-state index contributed by atoms with van der Waals surface area (Å²) >= 11 is 6.12. The monoisotopic (exact) mass is 292 g/mol. The van der Waals surface area contributed by atoms with Gasteiger partial charge in [-0.15, -0.1) is 0 Å². The van der Waals surface area contributed by atoms with Crippen LogP contribution in [0, 0.1) is 5.92 Å². The van der Waals surface area contributed by atoms with E-state index < -0.39 is 0 Å². The second-order valence-corrected chi connectivity index (χ2v) is 7.11. The molecule has 2 fully saturated rings. The van der Waals surface area contributed by atoms with Crippen molar-refractivity contribution >= 4 is 11.6 Å². The molecule has 0 radical (unpaired) electrons. The van der Waals surface area contributed by atoms with Gasteiger partial charge >= 0.3 is 0 Å². The van der Waals surface area contributed by atoms with Gasteiger partial charge in [0.25, 0.3) is 0 Å². The van der Waals surface area contributed by atoms with Crippen molar-refractivity contribution in [2.24, 2.45) is 5.92 Å². The third kappa shape index (κ3) is 3.03. The van der Waals surface area contributed by atoms with E-state index in [0.29, 0.717) is 11.6 Å². The molecule has 0 aromatic heterocycles. The number of nitrogens with one attached hydrogen (secondary N) is 1. The first kappa shape index (κ1) is 14.4. The van der Waals surface area contributed by atoms with Gasteiger partial charge in [0.15, 0.2) is 0 Å². The second kappa shape index (κ2) is 5.67. The van der Waals surface area contributed by atoms with Crippen LogP contribution in [-0.2, 0) is 6.54 Å². The summed E-state index contributed by atoms with van der Waals surface area (Å²) in [5.41, 5.74) is 1.64. The molecule has 1 aromatic carbocycles. The second-order valence-electron chi connectivity index (χ2n) is 6.67. The maximum atomic E-state index is 6.12. The lowest BCUT2D eigenvalue weighted by Gasteiger charge is -2.46. The van der Waals surface area contributed by atoms with Crippen molar-refractivity contribution in [2.75, 3.05) is 13.1 Å². The maximum absolute atomic E-state index is 6.12. The van der Waals surface area contributed by atoms with Crippen LogP contribution < -0.4 is 5.32 Å². The Balaban J connectivity index is 1.73. The fourth-order valence-corrected chi connectivity index (χ4v) is 3.75. The van der Waals surface area contributed by atoms with Crippen LogP contribution in [0.2, 0.25) is 5.02 Å². The van der Waals surface area contributed by atoms with Crippen molar-refractivity contribution in [2.45, 2.75) is 51.2 Å². The maximum Gasteiger partial charge on any atom is 0.0409 e. The van der Waals surface area contributed by atoms with Gasteiger partial charge in [-0.05, 0) is 49.8 Å². The molecule has 1 heterocycles. The van der Waals surface area contributed by atoms with Crippen LogP contribution in [0.15, 0.2) is 24.3 Å². The Morgan fingerprint density at radius 2 is 2.20 bits per heavy atom. The van der Waals surface area contributed by atoms with Crippen LogP contribution in [0.3, 0.4) is 0 Å². The lowest BCUT2D eigenvalue weighted by molar-refractivity contribution is 0.0666. The highest BCUT2D eigenvalue weighted by Crippen LogP contribution is 2.41. The highest BCUT2D eigenvalue weighted by molar-refractivity contribution is 6.30. The number of hydrogen-bond acceptors (Lipinski definition) is 2. The Bertz CT molecular complexity index is 472. The Morgan fingerprint density at radius 1 is 1.40 bits per heavy atom. The summed E-state index contributed by atoms with van der Waals surface area (Å²) in [5, 5.41) is 4.66. The van der Waals surface area contributed by atoms with Crippen molar-refractivity contribution in [3.05, 3.63) is 34.9 Å². The first-order valence-electron chi connectivity index (χ1n) is 7.84. The van der Waals surface area contributed by atoms with Gasteiger partial charge in [-0.2, -0.15) is 0 Å². The SMILES string of the molecule is CCC1CNC(C)(C2CC2)CN1Cc1cccc(Cl)c1. The van der Waals surface area contributed by atoms with Gasteiger partial charge < -0.3 is 5.32 Å². The molecule has 1 saturated heterocycles. The van der Waals surface area contributed by atoms with Gasteiger partial charge in [0.2, 0.25) is 0 Å². The quantitative estimate of drug-likeness (QED) is 0.910. The lowest BCUT2D eigenvalue weighted by atomic mass is 9.90. The predicted molar refractivity (Wildman–Crippen MR) is 85.1 cm³/mol. The van der Waals surface area contributed by atoms with Gasteiger partial charge in [0.1, 0.15) is 0 Å². The van der Waals surface area contributed by atoms with E-state index in [0.717, 1.165) is 30.6 Å². The smallest absolute Gasteiger partial charge is 0.0409 e. The summed E-state index contributed by atoms with van der Waals surface area (Å²) in [5.74, 6) is 0.877. The molecule has 20 heavy (non-hydrogen) atoms. The number of hydrogen-bond donors (Lipinski definition) is 1. The van der Waals surface area contributed by atoms with E-state index in [9.17, 15) is 0 Å². The average molecular weight is 293 g/mol. The van der Waals surface area contributed by atoms with Gasteiger partial charge in [-0.3, -0.25) is 4.90 Å². The van der Waals surface area contributed by atoms with Crippen molar-refractivity contribution in [3.8, 4) is 0 Å². The molecule has 1 saturated carbocycles. The molecule has 0 bridgehead atoms. The molecule has 2 unspecified atom stereocenters. The summed E-state index contributed by atoms with van der Waals surface area (Å²) in [6.45, 7) is 7.98. The Hall–Kier alpha value is -0.570. The molecule has 110 valence electrons. The highest BCUT2D eigenvalue weighted by atomic mass is 35.5. The fourth-order valence-electron chi connectivity index (χ4n) is 3.54. The summed E-state index contributed by atoms with van der Waals surface area (Å²) in [4.78, 5) is 2.65. The van der Waals surface area contributed by atoms with E-state index in [1.165, 1.54) is 24.8 Å². The molecule has 1 aromatic rings. The number of benzene rings is 1. The van der Waals surface area contributed by atoms with Crippen LogP contribution in [0.5, 0.6) is 0 Å². The fraction of sp³-hybridized carbons (Fsp3) is 0.647. The molecule has 1 N–H and O–H groups in total. The van der Waals surface area contributed by atoms with Gasteiger partial charge in [0, 0.05) is 36.2 Å². The first-order chi connectivity index (χ1) is 9.60. The number of piperazine rings is 1. The van der Waals surface area contributed by atoms with E-state index in [2.05, 4.69) is 42.3 Å². The molecule has 0 amide bonds. The van der Waals surface area contributed by atoms with Crippen LogP contribution in [0.25, 0.3) is 0 Å². The molecule has 1 aliphatic heterocycles. The summed E-state index contributed by atoms with van der Waals surface area (Å²) in [6, 6.07) is 8.94. The van der Waals surface area contributed by atoms with E-state index in [4.69, 9.17) is 11.6 Å². The van der Waals surface area contributed by atoms with Crippen molar-refractivity contribution in [1.29, 1.82) is 0 Å². The molecule has 3 heteroatoms. The summed E-state index contributed by atoms with van der Waals surface area (Å²) in [6.07, 6.45) is 3.99. The molecular weight excluding hydrogens is 268 g/mol. The van der Waals surface area contributed by atoms with Crippen LogP contribution in [0.1, 0.15) is 38.7 Å². The van der Waals surface area contributed by atoms with Crippen LogP contribution in [0.4, 0.5) is 0 Å². The summed E-state index contributed by atoms with van der Waals surface area (Å²) in [7, 11) is 0. The van der Waals surface area contributed by atoms with E-state index in [1.54, 1.807) is 0 Å². The van der Waals surface area contributed by atoms with E-state index in [1.807, 2.05) is 6.07 Å². The highest BCUT2D eigenvalue weighted by Gasteiger charge is 2.45. The van der Waals surface area contributed by atoms with E-state index in [-0.39, 0.29) is 0 Å². The lowest BCUT2D eigenvalue weighted by Crippen LogP contribution is -2.63. The molecule has 2 nitrogen and oxygen atoms in total. The standard InChI is InChI=1S/C17H25ClN2/c1-3-16-10-19-17(2,14-7-8-14)12-20(16)11-13-5-4-6-15(18)9-13/h4-6,9,14,16,19H,3,7-8,10-12H2,1-2H3. The first-order valence-corrected chi connectivity index (χ1v) is 8.22. The molecule has 1 aliphatic carbocycles. The van der Waals surface area contributed by atoms with Gasteiger partial charge in [-0.25, -0.2) is 0 Å². The molecule has 2 atom stereocenters. The minimum absolute atomic E-state index is 0.310. The van der Waals surface area contributed by atoms with Gasteiger partial charge in [-0.1, -0.05) is 30.7 Å². The third-order valence-electron chi connectivity index (χ3n) is 5.01. The van der Waals surface area contributed by atoms with E-state index >= 15 is 0 Å². The number of halogens is 1. The van der Waals surface area contributed by atoms with Crippen molar-refractivity contribution < 1.29 is 0 Å². The molecule has 2 aliphatic rings. The Morgan fingerprint density at radius 3 is 2.85 bits per heavy atom. The third-order valence-corrected chi connectivity index (χ3v) is 5.25. The van der Waals surface area contributed by atoms with Crippen molar-refractivity contribution in [3.63, 3.8) is 0 Å².